The van der Waals surface area contributed by atoms with Crippen LogP contribution in [0.25, 0.3) is 0 Å². The molecule has 1 fully saturated rings. The summed E-state index contributed by atoms with van der Waals surface area (Å²) in [5, 5.41) is 0. The smallest absolute Gasteiger partial charge is 0.410 e. The van der Waals surface area contributed by atoms with E-state index >= 15 is 0 Å². The molecule has 0 saturated carbocycles. The molecule has 1 aromatic carbocycles. The Labute approximate surface area is 142 Å². The van der Waals surface area contributed by atoms with Gasteiger partial charge in [-0.3, -0.25) is 4.79 Å². The molecule has 6 heteroatoms. The molecule has 2 rings (SSSR count). The highest BCUT2D eigenvalue weighted by Crippen LogP contribution is 2.25. The van der Waals surface area contributed by atoms with Crippen LogP contribution >= 0.6 is 0 Å². The van der Waals surface area contributed by atoms with Crippen molar-refractivity contribution in [3.8, 4) is 0 Å². The zero-order valence-corrected chi connectivity index (χ0v) is 14.7. The van der Waals surface area contributed by atoms with E-state index in [1.54, 1.807) is 21.9 Å². The monoisotopic (exact) mass is 336 g/mol. The molecule has 0 aliphatic carbocycles. The van der Waals surface area contributed by atoms with Gasteiger partial charge in [-0.2, -0.15) is 0 Å². The molecule has 1 aromatic rings. The third-order valence-electron chi connectivity index (χ3n) is 3.93. The summed E-state index contributed by atoms with van der Waals surface area (Å²) in [6.45, 7) is 8.08. The van der Waals surface area contributed by atoms with Gasteiger partial charge in [-0.25, -0.2) is 9.18 Å². The number of anilines is 1. The molecule has 0 radical (unpaired) electrons. The largest absolute Gasteiger partial charge is 0.444 e. The van der Waals surface area contributed by atoms with Crippen molar-refractivity contribution in [2.45, 2.75) is 52.2 Å². The normalized spacial score (nSPS) is 16.0. The molecule has 24 heavy (non-hydrogen) atoms. The number of carbonyl (C=O) groups excluding carboxylic acids is 2. The highest BCUT2D eigenvalue weighted by atomic mass is 19.1. The van der Waals surface area contributed by atoms with Crippen molar-refractivity contribution in [1.82, 2.24) is 4.90 Å². The lowest BCUT2D eigenvalue weighted by atomic mass is 10.0. The van der Waals surface area contributed by atoms with Crippen LogP contribution in [-0.2, 0) is 9.53 Å². The number of benzene rings is 1. The molecule has 0 unspecified atom stereocenters. The lowest BCUT2D eigenvalue weighted by Gasteiger charge is -2.38. The first-order valence-electron chi connectivity index (χ1n) is 8.20. The molecular weight excluding hydrogens is 311 g/mol. The predicted octanol–water partition coefficient (Wildman–Crippen LogP) is 3.58. The number of halogens is 1. The van der Waals surface area contributed by atoms with E-state index in [0.717, 1.165) is 0 Å². The Balaban J connectivity index is 2.02. The lowest BCUT2D eigenvalue weighted by molar-refractivity contribution is -0.117. The molecular formula is C18H25FN2O3. The first-order valence-corrected chi connectivity index (χ1v) is 8.20. The number of likely N-dealkylation sites (tertiary alicyclic amines) is 1. The van der Waals surface area contributed by atoms with E-state index in [1.807, 2.05) is 20.8 Å². The third-order valence-corrected chi connectivity index (χ3v) is 3.93. The van der Waals surface area contributed by atoms with Crippen LogP contribution < -0.4 is 4.90 Å². The van der Waals surface area contributed by atoms with Gasteiger partial charge >= 0.3 is 6.09 Å². The van der Waals surface area contributed by atoms with E-state index in [4.69, 9.17) is 4.74 Å². The summed E-state index contributed by atoms with van der Waals surface area (Å²) in [4.78, 5) is 27.5. The zero-order chi connectivity index (χ0) is 17.9. The Morgan fingerprint density at radius 2 is 1.71 bits per heavy atom. The van der Waals surface area contributed by atoms with Gasteiger partial charge in [0.2, 0.25) is 5.91 Å². The van der Waals surface area contributed by atoms with Crippen molar-refractivity contribution in [3.05, 3.63) is 30.1 Å². The number of rotatable bonds is 2. The summed E-state index contributed by atoms with van der Waals surface area (Å²) < 4.78 is 18.5. The van der Waals surface area contributed by atoms with Gasteiger partial charge in [0, 0.05) is 31.7 Å². The number of hydrogen-bond donors (Lipinski definition) is 0. The van der Waals surface area contributed by atoms with Crippen molar-refractivity contribution in [3.63, 3.8) is 0 Å². The highest BCUT2D eigenvalue weighted by molar-refractivity contribution is 5.92. The average Bonchev–Trinajstić information content (AvgIpc) is 2.48. The molecule has 1 aliphatic rings. The van der Waals surface area contributed by atoms with E-state index in [9.17, 15) is 14.0 Å². The quantitative estimate of drug-likeness (QED) is 0.829. The number of carbonyl (C=O) groups is 2. The van der Waals surface area contributed by atoms with E-state index in [-0.39, 0.29) is 23.9 Å². The Morgan fingerprint density at radius 3 is 2.17 bits per heavy atom. The number of hydrogen-bond acceptors (Lipinski definition) is 3. The topological polar surface area (TPSA) is 49.9 Å². The molecule has 1 heterocycles. The van der Waals surface area contributed by atoms with Crippen LogP contribution in [-0.4, -0.2) is 41.6 Å². The maximum atomic E-state index is 13.1. The van der Waals surface area contributed by atoms with E-state index in [0.29, 0.717) is 31.6 Å². The molecule has 132 valence electrons. The Morgan fingerprint density at radius 1 is 1.17 bits per heavy atom. The summed E-state index contributed by atoms with van der Waals surface area (Å²) in [5.41, 5.74) is 0.160. The Hall–Kier alpha value is -2.11. The molecule has 0 spiro atoms. The zero-order valence-electron chi connectivity index (χ0n) is 14.7. The molecule has 0 aromatic heterocycles. The first-order chi connectivity index (χ1) is 11.2. The van der Waals surface area contributed by atoms with Crippen LogP contribution in [0.2, 0.25) is 0 Å². The van der Waals surface area contributed by atoms with Crippen LogP contribution in [0.4, 0.5) is 14.9 Å². The second kappa shape index (κ2) is 7.20. The van der Waals surface area contributed by atoms with Crippen molar-refractivity contribution in [2.24, 2.45) is 0 Å². The lowest BCUT2D eigenvalue weighted by Crippen LogP contribution is -2.49. The Kier molecular flexibility index (Phi) is 5.47. The minimum atomic E-state index is -0.520. The second-order valence-electron chi connectivity index (χ2n) is 7.06. The third kappa shape index (κ3) is 4.69. The predicted molar refractivity (Wildman–Crippen MR) is 90.4 cm³/mol. The minimum absolute atomic E-state index is 0.00773. The number of piperidine rings is 1. The summed E-state index contributed by atoms with van der Waals surface area (Å²) in [5.74, 6) is -0.417. The summed E-state index contributed by atoms with van der Waals surface area (Å²) >= 11 is 0. The van der Waals surface area contributed by atoms with Gasteiger partial charge < -0.3 is 14.5 Å². The van der Waals surface area contributed by atoms with Crippen molar-refractivity contribution in [2.75, 3.05) is 18.0 Å². The number of ether oxygens (including phenoxy) is 1. The van der Waals surface area contributed by atoms with Crippen LogP contribution in [0.5, 0.6) is 0 Å². The fourth-order valence-corrected chi connectivity index (χ4v) is 2.88. The second-order valence-corrected chi connectivity index (χ2v) is 7.06. The van der Waals surface area contributed by atoms with Gasteiger partial charge in [0.15, 0.2) is 0 Å². The van der Waals surface area contributed by atoms with Crippen LogP contribution in [0, 0.1) is 5.82 Å². The van der Waals surface area contributed by atoms with Gasteiger partial charge in [-0.05, 0) is 57.9 Å². The van der Waals surface area contributed by atoms with Crippen LogP contribution in [0.3, 0.4) is 0 Å². The number of amides is 2. The van der Waals surface area contributed by atoms with Gasteiger partial charge in [0.1, 0.15) is 11.4 Å². The van der Waals surface area contributed by atoms with E-state index in [2.05, 4.69) is 0 Å². The SMILES string of the molecule is CC(=O)N(c1ccc(F)cc1)C1CCN(C(=O)OC(C)(C)C)CC1. The molecule has 2 amide bonds. The van der Waals surface area contributed by atoms with Crippen molar-refractivity contribution in [1.29, 1.82) is 0 Å². The highest BCUT2D eigenvalue weighted by Gasteiger charge is 2.31. The summed E-state index contributed by atoms with van der Waals surface area (Å²) in [7, 11) is 0. The van der Waals surface area contributed by atoms with Crippen molar-refractivity contribution < 1.29 is 18.7 Å². The average molecular weight is 336 g/mol. The summed E-state index contributed by atoms with van der Waals surface area (Å²) in [6, 6.07) is 5.91. The van der Waals surface area contributed by atoms with Crippen molar-refractivity contribution >= 4 is 17.7 Å². The van der Waals surface area contributed by atoms with Crippen LogP contribution in [0.1, 0.15) is 40.5 Å². The maximum Gasteiger partial charge on any atom is 0.410 e. The molecule has 0 N–H and O–H groups in total. The fourth-order valence-electron chi connectivity index (χ4n) is 2.88. The fraction of sp³-hybridized carbons (Fsp3) is 0.556. The first kappa shape index (κ1) is 18.2. The number of nitrogens with zero attached hydrogens (tertiary/aromatic N) is 2. The maximum absolute atomic E-state index is 13.1. The molecule has 1 aliphatic heterocycles. The van der Waals surface area contributed by atoms with Crippen LogP contribution in [0.15, 0.2) is 24.3 Å². The molecule has 0 bridgehead atoms. The minimum Gasteiger partial charge on any atom is -0.444 e. The van der Waals surface area contributed by atoms with Gasteiger partial charge in [-0.15, -0.1) is 0 Å². The standard InChI is InChI=1S/C18H25FN2O3/c1-13(22)21(15-7-5-14(19)6-8-15)16-9-11-20(12-10-16)17(23)24-18(2,3)4/h5-8,16H,9-12H2,1-4H3. The Bertz CT molecular complexity index is 587. The van der Waals surface area contributed by atoms with Gasteiger partial charge in [0.25, 0.3) is 0 Å². The molecule has 1 saturated heterocycles. The summed E-state index contributed by atoms with van der Waals surface area (Å²) in [6.07, 6.45) is 1.00. The van der Waals surface area contributed by atoms with Gasteiger partial charge in [-0.1, -0.05) is 0 Å². The van der Waals surface area contributed by atoms with E-state index in [1.165, 1.54) is 19.1 Å². The van der Waals surface area contributed by atoms with Gasteiger partial charge in [0.05, 0.1) is 0 Å². The molecule has 5 nitrogen and oxygen atoms in total. The van der Waals surface area contributed by atoms with E-state index < -0.39 is 5.60 Å². The molecule has 0 atom stereocenters.